The predicted molar refractivity (Wildman–Crippen MR) is 57.6 cm³/mol. The van der Waals surface area contributed by atoms with Crippen molar-refractivity contribution in [3.63, 3.8) is 0 Å². The molecule has 2 rings (SSSR count). The summed E-state index contributed by atoms with van der Waals surface area (Å²) in [7, 11) is 0. The lowest BCUT2D eigenvalue weighted by atomic mass is 9.58. The number of hydrogen-bond donors (Lipinski definition) is 0. The molecule has 0 aliphatic heterocycles. The van der Waals surface area contributed by atoms with Gasteiger partial charge < -0.3 is 0 Å². The second kappa shape index (κ2) is 2.52. The Morgan fingerprint density at radius 1 is 1.08 bits per heavy atom. The van der Waals surface area contributed by atoms with Crippen molar-refractivity contribution in [3.05, 3.63) is 0 Å². The van der Waals surface area contributed by atoms with Crippen molar-refractivity contribution < 1.29 is 0 Å². The molecular weight excluding hydrogens is 156 g/mol. The normalized spacial score (nSPS) is 52.8. The summed E-state index contributed by atoms with van der Waals surface area (Å²) < 4.78 is 0. The smallest absolute Gasteiger partial charge is 0.0244 e. The van der Waals surface area contributed by atoms with E-state index in [1.807, 2.05) is 0 Å². The van der Waals surface area contributed by atoms with Crippen LogP contribution in [0.15, 0.2) is 0 Å². The van der Waals surface area contributed by atoms with Crippen LogP contribution in [0.5, 0.6) is 0 Å². The molecule has 0 radical (unpaired) electrons. The highest BCUT2D eigenvalue weighted by Gasteiger charge is 2.62. The lowest BCUT2D eigenvalue weighted by Gasteiger charge is -2.47. The molecule has 4 unspecified atom stereocenters. The first-order valence-electron chi connectivity index (χ1n) is 5.95. The second-order valence-corrected chi connectivity index (χ2v) is 6.14. The maximum Gasteiger partial charge on any atom is -0.0244 e. The number of fused-ring (bicyclic) bond motifs is 2. The molecule has 0 saturated heterocycles. The molecule has 4 atom stereocenters. The standard InChI is InChI=1S/C13H24/c1-6-13(5)11-8-7-10(9(11)2)12(13,3)4/h9-11H,6-8H2,1-5H3. The van der Waals surface area contributed by atoms with Gasteiger partial charge >= 0.3 is 0 Å². The third-order valence-electron chi connectivity index (χ3n) is 6.01. The summed E-state index contributed by atoms with van der Waals surface area (Å²) in [6.45, 7) is 12.4. The summed E-state index contributed by atoms with van der Waals surface area (Å²) in [6.07, 6.45) is 4.36. The molecule has 0 N–H and O–H groups in total. The van der Waals surface area contributed by atoms with Gasteiger partial charge in [-0.05, 0) is 47.8 Å². The van der Waals surface area contributed by atoms with Gasteiger partial charge in [-0.25, -0.2) is 0 Å². The zero-order valence-electron chi connectivity index (χ0n) is 9.85. The van der Waals surface area contributed by atoms with Crippen LogP contribution >= 0.6 is 0 Å². The molecule has 2 saturated carbocycles. The van der Waals surface area contributed by atoms with Crippen molar-refractivity contribution in [2.24, 2.45) is 28.6 Å². The first kappa shape index (κ1) is 9.55. The topological polar surface area (TPSA) is 0 Å². The van der Waals surface area contributed by atoms with Crippen LogP contribution in [-0.4, -0.2) is 0 Å². The van der Waals surface area contributed by atoms with E-state index in [1.165, 1.54) is 19.3 Å². The van der Waals surface area contributed by atoms with Crippen molar-refractivity contribution >= 4 is 0 Å². The molecule has 0 heterocycles. The Labute approximate surface area is 83.1 Å². The maximum absolute atomic E-state index is 2.54. The van der Waals surface area contributed by atoms with E-state index in [0.717, 1.165) is 17.8 Å². The lowest BCUT2D eigenvalue weighted by Crippen LogP contribution is -2.39. The van der Waals surface area contributed by atoms with Crippen LogP contribution in [0.1, 0.15) is 53.9 Å². The van der Waals surface area contributed by atoms with Crippen LogP contribution in [0, 0.1) is 28.6 Å². The van der Waals surface area contributed by atoms with Crippen molar-refractivity contribution in [3.8, 4) is 0 Å². The van der Waals surface area contributed by atoms with E-state index < -0.39 is 0 Å². The van der Waals surface area contributed by atoms with Gasteiger partial charge in [-0.15, -0.1) is 0 Å². The molecule has 0 nitrogen and oxygen atoms in total. The van der Waals surface area contributed by atoms with Gasteiger partial charge in [-0.1, -0.05) is 34.6 Å². The van der Waals surface area contributed by atoms with E-state index in [4.69, 9.17) is 0 Å². The average Bonchev–Trinajstić information content (AvgIpc) is 2.50. The first-order valence-corrected chi connectivity index (χ1v) is 5.95. The molecule has 0 aromatic rings. The van der Waals surface area contributed by atoms with Gasteiger partial charge in [0.05, 0.1) is 0 Å². The Morgan fingerprint density at radius 3 is 1.92 bits per heavy atom. The van der Waals surface area contributed by atoms with Crippen molar-refractivity contribution in [2.45, 2.75) is 53.9 Å². The molecule has 0 aromatic carbocycles. The highest BCUT2D eigenvalue weighted by Crippen LogP contribution is 2.69. The SMILES string of the molecule is CCC1(C)C2CCC(C2C)C1(C)C. The van der Waals surface area contributed by atoms with Gasteiger partial charge in [0, 0.05) is 0 Å². The zero-order valence-corrected chi connectivity index (χ0v) is 9.85. The minimum atomic E-state index is 0.587. The Hall–Kier alpha value is 0. The van der Waals surface area contributed by atoms with E-state index in [-0.39, 0.29) is 0 Å². The molecular formula is C13H24. The highest BCUT2D eigenvalue weighted by atomic mass is 14.7. The summed E-state index contributed by atoms with van der Waals surface area (Å²) in [5.41, 5.74) is 1.21. The van der Waals surface area contributed by atoms with Crippen LogP contribution in [-0.2, 0) is 0 Å². The summed E-state index contributed by atoms with van der Waals surface area (Å²) in [5.74, 6) is 3.00. The van der Waals surface area contributed by atoms with Crippen LogP contribution < -0.4 is 0 Å². The van der Waals surface area contributed by atoms with E-state index in [0.29, 0.717) is 10.8 Å². The van der Waals surface area contributed by atoms with Crippen LogP contribution in [0.3, 0.4) is 0 Å². The highest BCUT2D eigenvalue weighted by molar-refractivity contribution is 5.11. The monoisotopic (exact) mass is 180 g/mol. The minimum Gasteiger partial charge on any atom is -0.0648 e. The summed E-state index contributed by atoms with van der Waals surface area (Å²) in [6, 6.07) is 0. The quantitative estimate of drug-likeness (QED) is 0.570. The van der Waals surface area contributed by atoms with E-state index in [2.05, 4.69) is 34.6 Å². The van der Waals surface area contributed by atoms with Gasteiger partial charge in [-0.3, -0.25) is 0 Å². The molecule has 0 spiro atoms. The Kier molecular flexibility index (Phi) is 1.85. The Balaban J connectivity index is 2.40. The van der Waals surface area contributed by atoms with Crippen LogP contribution in [0.25, 0.3) is 0 Å². The lowest BCUT2D eigenvalue weighted by molar-refractivity contribution is 0.0174. The largest absolute Gasteiger partial charge is 0.0648 e. The van der Waals surface area contributed by atoms with E-state index >= 15 is 0 Å². The molecule has 0 amide bonds. The van der Waals surface area contributed by atoms with Gasteiger partial charge in [0.15, 0.2) is 0 Å². The number of hydrogen-bond acceptors (Lipinski definition) is 0. The molecule has 0 aromatic heterocycles. The predicted octanol–water partition coefficient (Wildman–Crippen LogP) is 4.10. The molecule has 2 aliphatic rings. The van der Waals surface area contributed by atoms with Crippen molar-refractivity contribution in [1.82, 2.24) is 0 Å². The van der Waals surface area contributed by atoms with Gasteiger partial charge in [0.25, 0.3) is 0 Å². The Bertz CT molecular complexity index is 216. The van der Waals surface area contributed by atoms with Crippen LogP contribution in [0.4, 0.5) is 0 Å². The zero-order chi connectivity index (χ0) is 9.85. The molecule has 0 heteroatoms. The van der Waals surface area contributed by atoms with Crippen molar-refractivity contribution in [1.29, 1.82) is 0 Å². The van der Waals surface area contributed by atoms with Gasteiger partial charge in [-0.2, -0.15) is 0 Å². The minimum absolute atomic E-state index is 0.587. The van der Waals surface area contributed by atoms with E-state index in [9.17, 15) is 0 Å². The number of rotatable bonds is 1. The van der Waals surface area contributed by atoms with Gasteiger partial charge in [0.2, 0.25) is 0 Å². The summed E-state index contributed by atoms with van der Waals surface area (Å²) in [5, 5.41) is 0. The third-order valence-corrected chi connectivity index (χ3v) is 6.01. The first-order chi connectivity index (χ1) is 5.95. The molecule has 76 valence electrons. The molecule has 2 aliphatic carbocycles. The fraction of sp³-hybridized carbons (Fsp3) is 1.00. The summed E-state index contributed by atoms with van der Waals surface area (Å²) >= 11 is 0. The second-order valence-electron chi connectivity index (χ2n) is 6.14. The molecule has 13 heavy (non-hydrogen) atoms. The fourth-order valence-electron chi connectivity index (χ4n) is 4.70. The van der Waals surface area contributed by atoms with Crippen LogP contribution in [0.2, 0.25) is 0 Å². The Morgan fingerprint density at radius 2 is 1.62 bits per heavy atom. The van der Waals surface area contributed by atoms with Gasteiger partial charge in [0.1, 0.15) is 0 Å². The van der Waals surface area contributed by atoms with Crippen molar-refractivity contribution in [2.75, 3.05) is 0 Å². The molecule has 2 bridgehead atoms. The fourth-order valence-corrected chi connectivity index (χ4v) is 4.70. The maximum atomic E-state index is 2.54. The third kappa shape index (κ3) is 0.877. The molecule has 2 fully saturated rings. The van der Waals surface area contributed by atoms with E-state index in [1.54, 1.807) is 0 Å². The summed E-state index contributed by atoms with van der Waals surface area (Å²) in [4.78, 5) is 0. The average molecular weight is 180 g/mol.